The molecule has 3 aromatic carbocycles. The van der Waals surface area contributed by atoms with Crippen molar-refractivity contribution < 1.29 is 4.79 Å². The maximum atomic E-state index is 13.3. The van der Waals surface area contributed by atoms with Gasteiger partial charge in [-0.3, -0.25) is 14.2 Å². The van der Waals surface area contributed by atoms with Crippen LogP contribution in [-0.4, -0.2) is 10.5 Å². The number of rotatable bonds is 4. The van der Waals surface area contributed by atoms with Crippen molar-refractivity contribution in [3.8, 4) is 11.8 Å². The first-order valence-electron chi connectivity index (χ1n) is 9.52. The Morgan fingerprint density at radius 3 is 2.10 bits per heavy atom. The number of aromatic nitrogens is 1. The highest BCUT2D eigenvalue weighted by Crippen LogP contribution is 2.09. The maximum Gasteiger partial charge on any atom is 0.273 e. The van der Waals surface area contributed by atoms with Gasteiger partial charge in [-0.1, -0.05) is 66.7 Å². The Hall–Kier alpha value is -4.21. The van der Waals surface area contributed by atoms with E-state index in [2.05, 4.69) is 5.32 Å². The van der Waals surface area contributed by atoms with E-state index in [0.29, 0.717) is 15.9 Å². The second kappa shape index (κ2) is 9.08. The minimum atomic E-state index is -0.564. The van der Waals surface area contributed by atoms with Crippen molar-refractivity contribution in [2.24, 2.45) is 0 Å². The van der Waals surface area contributed by atoms with Crippen molar-refractivity contribution in [2.45, 2.75) is 0 Å². The number of benzene rings is 3. The van der Waals surface area contributed by atoms with Gasteiger partial charge in [0.1, 0.15) is 10.7 Å². The third kappa shape index (κ3) is 4.37. The van der Waals surface area contributed by atoms with Crippen LogP contribution >= 0.6 is 11.3 Å². The molecule has 0 aliphatic carbocycles. The smallest absolute Gasteiger partial charge is 0.273 e. The van der Waals surface area contributed by atoms with Crippen LogP contribution in [0.2, 0.25) is 0 Å². The summed E-state index contributed by atoms with van der Waals surface area (Å²) >= 11 is 1.12. The van der Waals surface area contributed by atoms with Gasteiger partial charge in [0, 0.05) is 5.69 Å². The number of carbonyl (C=O) groups is 1. The van der Waals surface area contributed by atoms with Gasteiger partial charge < -0.3 is 5.32 Å². The minimum Gasteiger partial charge on any atom is -0.321 e. The van der Waals surface area contributed by atoms with E-state index in [4.69, 9.17) is 0 Å². The number of hydrogen-bond donors (Lipinski definition) is 1. The van der Waals surface area contributed by atoms with Crippen molar-refractivity contribution in [1.82, 2.24) is 4.57 Å². The topological polar surface area (TPSA) is 74.9 Å². The molecule has 1 heterocycles. The van der Waals surface area contributed by atoms with Gasteiger partial charge in [0.2, 0.25) is 0 Å². The number of para-hydroxylation sites is 2. The van der Waals surface area contributed by atoms with Gasteiger partial charge in [-0.25, -0.2) is 0 Å². The van der Waals surface area contributed by atoms with Crippen LogP contribution < -0.4 is 20.1 Å². The van der Waals surface area contributed by atoms with Crippen LogP contribution in [0.15, 0.2) is 95.8 Å². The molecule has 0 saturated carbocycles. The quantitative estimate of drug-likeness (QED) is 0.548. The predicted molar refractivity (Wildman–Crippen MR) is 123 cm³/mol. The Balaban J connectivity index is 1.96. The summed E-state index contributed by atoms with van der Waals surface area (Å²) in [6.07, 6.45) is 1.76. The van der Waals surface area contributed by atoms with E-state index >= 15 is 0 Å². The lowest BCUT2D eigenvalue weighted by molar-refractivity contribution is -0.111. The molecule has 0 aliphatic rings. The van der Waals surface area contributed by atoms with E-state index < -0.39 is 5.91 Å². The van der Waals surface area contributed by atoms with Crippen LogP contribution in [0.4, 0.5) is 5.69 Å². The molecule has 5 nitrogen and oxygen atoms in total. The van der Waals surface area contributed by atoms with Gasteiger partial charge in [-0.15, -0.1) is 11.3 Å². The number of amides is 1. The molecular formula is C25H17N3O2S. The van der Waals surface area contributed by atoms with Crippen molar-refractivity contribution in [1.29, 1.82) is 5.26 Å². The Labute approximate surface area is 182 Å². The number of carbonyl (C=O) groups excluding carboxylic acids is 1. The second-order valence-electron chi connectivity index (χ2n) is 6.61. The fourth-order valence-corrected chi connectivity index (χ4v) is 4.17. The highest BCUT2D eigenvalue weighted by Gasteiger charge is 2.17. The summed E-state index contributed by atoms with van der Waals surface area (Å²) in [5.41, 5.74) is 1.62. The number of nitriles is 1. The molecule has 0 fully saturated rings. The molecule has 1 aromatic heterocycles. The Morgan fingerprint density at radius 1 is 0.903 bits per heavy atom. The molecule has 31 heavy (non-hydrogen) atoms. The molecule has 4 rings (SSSR count). The number of hydrogen-bond acceptors (Lipinski definition) is 4. The summed E-state index contributed by atoms with van der Waals surface area (Å²) in [6, 6.07) is 29.3. The highest BCUT2D eigenvalue weighted by molar-refractivity contribution is 7.07. The van der Waals surface area contributed by atoms with Gasteiger partial charge in [-0.2, -0.15) is 5.26 Å². The molecule has 0 spiro atoms. The van der Waals surface area contributed by atoms with E-state index in [1.54, 1.807) is 54.6 Å². The summed E-state index contributed by atoms with van der Waals surface area (Å²) in [7, 11) is 0. The molecule has 0 aliphatic heterocycles. The zero-order valence-electron chi connectivity index (χ0n) is 16.4. The Kier molecular flexibility index (Phi) is 5.88. The van der Waals surface area contributed by atoms with E-state index in [9.17, 15) is 14.9 Å². The zero-order valence-corrected chi connectivity index (χ0v) is 17.2. The molecular weight excluding hydrogens is 406 g/mol. The lowest BCUT2D eigenvalue weighted by atomic mass is 10.2. The minimum absolute atomic E-state index is 0.123. The first-order chi connectivity index (χ1) is 15.2. The van der Waals surface area contributed by atoms with Gasteiger partial charge in [0.25, 0.3) is 11.5 Å². The van der Waals surface area contributed by atoms with Gasteiger partial charge in [0.15, 0.2) is 5.57 Å². The van der Waals surface area contributed by atoms with Crippen LogP contribution in [0.3, 0.4) is 0 Å². The molecule has 0 radical (unpaired) electrons. The maximum absolute atomic E-state index is 13.3. The molecule has 0 atom stereocenters. The fraction of sp³-hybridized carbons (Fsp3) is 0. The van der Waals surface area contributed by atoms with E-state index in [1.807, 2.05) is 48.5 Å². The SMILES string of the molecule is N#C/C(C(=O)Nc1ccccc1)=c1\s/c(=C/c2ccccc2)c(=O)n1-c1ccccc1. The zero-order chi connectivity index (χ0) is 21.6. The van der Waals surface area contributed by atoms with Crippen LogP contribution in [-0.2, 0) is 4.79 Å². The lowest BCUT2D eigenvalue weighted by Crippen LogP contribution is -2.32. The van der Waals surface area contributed by atoms with Crippen LogP contribution in [0.5, 0.6) is 0 Å². The Morgan fingerprint density at radius 2 is 1.48 bits per heavy atom. The van der Waals surface area contributed by atoms with Gasteiger partial charge >= 0.3 is 0 Å². The number of thiazole rings is 1. The summed E-state index contributed by atoms with van der Waals surface area (Å²) in [6.45, 7) is 0. The number of nitrogens with one attached hydrogen (secondary N) is 1. The summed E-state index contributed by atoms with van der Waals surface area (Å²) < 4.78 is 2.14. The molecule has 4 aromatic rings. The van der Waals surface area contributed by atoms with Crippen molar-refractivity contribution >= 4 is 34.6 Å². The van der Waals surface area contributed by atoms with Gasteiger partial charge in [0.05, 0.1) is 10.2 Å². The summed E-state index contributed by atoms with van der Waals surface area (Å²) in [4.78, 5) is 26.2. The monoisotopic (exact) mass is 423 g/mol. The molecule has 1 amide bonds. The fourth-order valence-electron chi connectivity index (χ4n) is 3.07. The molecule has 0 bridgehead atoms. The number of nitrogens with zero attached hydrogens (tertiary/aromatic N) is 2. The van der Waals surface area contributed by atoms with Crippen LogP contribution in [0.1, 0.15) is 5.56 Å². The number of anilines is 1. The highest BCUT2D eigenvalue weighted by atomic mass is 32.1. The third-order valence-electron chi connectivity index (χ3n) is 4.52. The summed E-state index contributed by atoms with van der Waals surface area (Å²) in [5.74, 6) is -0.564. The standard InChI is InChI=1S/C25H17N3O2S/c26-17-21(23(29)27-19-12-6-2-7-13-19)25-28(20-14-8-3-9-15-20)24(30)22(31-25)16-18-10-4-1-5-11-18/h1-16H,(H,27,29)/b22-16+,25-21+. The third-order valence-corrected chi connectivity index (χ3v) is 5.61. The van der Waals surface area contributed by atoms with Crippen LogP contribution in [0, 0.1) is 11.3 Å². The largest absolute Gasteiger partial charge is 0.321 e. The first kappa shape index (κ1) is 20.1. The average molecular weight is 423 g/mol. The Bertz CT molecular complexity index is 1430. The molecule has 6 heteroatoms. The first-order valence-corrected chi connectivity index (χ1v) is 10.3. The average Bonchev–Trinajstić information content (AvgIpc) is 3.11. The molecule has 0 saturated heterocycles. The lowest BCUT2D eigenvalue weighted by Gasteiger charge is -2.05. The van der Waals surface area contributed by atoms with E-state index in [0.717, 1.165) is 16.9 Å². The normalized spacial score (nSPS) is 12.2. The van der Waals surface area contributed by atoms with Crippen molar-refractivity contribution in [2.75, 3.05) is 5.32 Å². The summed E-state index contributed by atoms with van der Waals surface area (Å²) in [5, 5.41) is 12.6. The van der Waals surface area contributed by atoms with Crippen molar-refractivity contribution in [3.05, 3.63) is 116 Å². The predicted octanol–water partition coefficient (Wildman–Crippen LogP) is 3.04. The van der Waals surface area contributed by atoms with Gasteiger partial charge in [-0.05, 0) is 35.9 Å². The van der Waals surface area contributed by atoms with E-state index in [1.165, 1.54) is 4.57 Å². The van der Waals surface area contributed by atoms with E-state index in [-0.39, 0.29) is 15.8 Å². The molecule has 1 N–H and O–H groups in total. The second-order valence-corrected chi connectivity index (χ2v) is 7.64. The molecule has 0 unspecified atom stereocenters. The van der Waals surface area contributed by atoms with Crippen molar-refractivity contribution in [3.63, 3.8) is 0 Å². The molecule has 150 valence electrons. The van der Waals surface area contributed by atoms with Crippen LogP contribution in [0.25, 0.3) is 17.3 Å².